The predicted molar refractivity (Wildman–Crippen MR) is 83.3 cm³/mol. The van der Waals surface area contributed by atoms with E-state index in [1.807, 2.05) is 6.07 Å². The first-order chi connectivity index (χ1) is 11.2. The van der Waals surface area contributed by atoms with E-state index in [1.54, 1.807) is 36.0 Å². The molecule has 0 unspecified atom stereocenters. The number of pyridine rings is 2. The number of nitrogens with one attached hydrogen (secondary N) is 1. The van der Waals surface area contributed by atoms with Crippen molar-refractivity contribution < 1.29 is 9.53 Å². The topological polar surface area (TPSA) is 101 Å². The van der Waals surface area contributed by atoms with E-state index in [1.165, 1.54) is 23.6 Å². The second-order valence-electron chi connectivity index (χ2n) is 4.27. The number of rotatable bonds is 4. The molecule has 7 nitrogen and oxygen atoms in total. The van der Waals surface area contributed by atoms with Crippen LogP contribution in [-0.4, -0.2) is 20.9 Å². The summed E-state index contributed by atoms with van der Waals surface area (Å²) >= 11 is 1.17. The molecule has 0 aliphatic rings. The number of anilines is 1. The monoisotopic (exact) mass is 323 g/mol. The highest BCUT2D eigenvalue weighted by Gasteiger charge is 2.11. The molecule has 3 rings (SSSR count). The molecule has 0 aromatic carbocycles. The van der Waals surface area contributed by atoms with Crippen molar-refractivity contribution >= 4 is 22.4 Å². The summed E-state index contributed by atoms with van der Waals surface area (Å²) in [6.45, 7) is 0. The normalized spacial score (nSPS) is 9.87. The third-order valence-electron chi connectivity index (χ3n) is 2.67. The zero-order valence-corrected chi connectivity index (χ0v) is 12.4. The molecule has 0 bridgehead atoms. The van der Waals surface area contributed by atoms with Crippen molar-refractivity contribution in [2.45, 2.75) is 0 Å². The minimum Gasteiger partial charge on any atom is -0.456 e. The summed E-state index contributed by atoms with van der Waals surface area (Å²) in [7, 11) is 0. The van der Waals surface area contributed by atoms with E-state index in [9.17, 15) is 4.79 Å². The number of aromatic nitrogens is 3. The number of hydrogen-bond donors (Lipinski definition) is 1. The standard InChI is InChI=1S/C15H9N5O2S/c16-7-10-9-23-15(19-10)20-14(21)13-6-11(3-5-18-13)22-12-2-1-4-17-8-12/h1-6,8-9H,(H,19,20,21). The van der Waals surface area contributed by atoms with Gasteiger partial charge in [-0.15, -0.1) is 11.3 Å². The van der Waals surface area contributed by atoms with Gasteiger partial charge in [0, 0.05) is 23.8 Å². The smallest absolute Gasteiger partial charge is 0.276 e. The number of nitriles is 1. The molecule has 0 aliphatic heterocycles. The van der Waals surface area contributed by atoms with Crippen molar-refractivity contribution in [3.63, 3.8) is 0 Å². The number of ether oxygens (including phenoxy) is 1. The minimum absolute atomic E-state index is 0.181. The maximum atomic E-state index is 12.2. The van der Waals surface area contributed by atoms with Gasteiger partial charge < -0.3 is 4.74 Å². The molecule has 0 radical (unpaired) electrons. The quantitative estimate of drug-likeness (QED) is 0.792. The number of carbonyl (C=O) groups excluding carboxylic acids is 1. The Hall–Kier alpha value is -3.31. The fourth-order valence-corrected chi connectivity index (χ4v) is 2.32. The maximum absolute atomic E-state index is 12.2. The third-order valence-corrected chi connectivity index (χ3v) is 3.43. The fourth-order valence-electron chi connectivity index (χ4n) is 1.69. The van der Waals surface area contributed by atoms with E-state index in [-0.39, 0.29) is 11.4 Å². The Labute approximate surface area is 135 Å². The van der Waals surface area contributed by atoms with Gasteiger partial charge in [0.05, 0.1) is 6.20 Å². The van der Waals surface area contributed by atoms with Crippen LogP contribution in [0.3, 0.4) is 0 Å². The second kappa shape index (κ2) is 6.64. The van der Waals surface area contributed by atoms with Gasteiger partial charge in [-0.2, -0.15) is 5.26 Å². The van der Waals surface area contributed by atoms with E-state index >= 15 is 0 Å². The summed E-state index contributed by atoms with van der Waals surface area (Å²) in [5.41, 5.74) is 0.437. The molecule has 0 saturated heterocycles. The van der Waals surface area contributed by atoms with Crippen molar-refractivity contribution in [1.82, 2.24) is 15.0 Å². The lowest BCUT2D eigenvalue weighted by Crippen LogP contribution is -2.13. The van der Waals surface area contributed by atoms with Gasteiger partial charge >= 0.3 is 0 Å². The minimum atomic E-state index is -0.430. The summed E-state index contributed by atoms with van der Waals surface area (Å²) in [6, 6.07) is 8.56. The average molecular weight is 323 g/mol. The molecular formula is C15H9N5O2S. The highest BCUT2D eigenvalue weighted by molar-refractivity contribution is 7.14. The number of hydrogen-bond acceptors (Lipinski definition) is 7. The first-order valence-corrected chi connectivity index (χ1v) is 7.33. The van der Waals surface area contributed by atoms with Crippen molar-refractivity contribution in [2.24, 2.45) is 0 Å². The van der Waals surface area contributed by atoms with Crippen LogP contribution in [0.25, 0.3) is 0 Å². The molecule has 112 valence electrons. The molecule has 0 spiro atoms. The van der Waals surface area contributed by atoms with E-state index < -0.39 is 5.91 Å². The summed E-state index contributed by atoms with van der Waals surface area (Å²) in [5, 5.41) is 13.2. The molecule has 3 aromatic heterocycles. The van der Waals surface area contributed by atoms with Gasteiger partial charge in [0.15, 0.2) is 10.8 Å². The molecule has 23 heavy (non-hydrogen) atoms. The maximum Gasteiger partial charge on any atom is 0.276 e. The highest BCUT2D eigenvalue weighted by Crippen LogP contribution is 2.21. The van der Waals surface area contributed by atoms with E-state index in [0.717, 1.165) is 0 Å². The van der Waals surface area contributed by atoms with Crippen molar-refractivity contribution in [2.75, 3.05) is 5.32 Å². The summed E-state index contributed by atoms with van der Waals surface area (Å²) in [4.78, 5) is 24.1. The Balaban J connectivity index is 1.74. The lowest BCUT2D eigenvalue weighted by Gasteiger charge is -2.06. The number of nitrogens with zero attached hydrogens (tertiary/aromatic N) is 4. The molecule has 1 amide bonds. The van der Waals surface area contributed by atoms with Crippen LogP contribution in [-0.2, 0) is 0 Å². The molecule has 0 fully saturated rings. The Morgan fingerprint density at radius 1 is 1.30 bits per heavy atom. The van der Waals surface area contributed by atoms with Crippen molar-refractivity contribution in [3.05, 3.63) is 59.6 Å². The molecule has 1 N–H and O–H groups in total. The summed E-state index contributed by atoms with van der Waals surface area (Å²) < 4.78 is 5.60. The van der Waals surface area contributed by atoms with Crippen LogP contribution in [0.2, 0.25) is 0 Å². The van der Waals surface area contributed by atoms with Crippen LogP contribution in [0.4, 0.5) is 5.13 Å². The van der Waals surface area contributed by atoms with Gasteiger partial charge in [-0.25, -0.2) is 4.98 Å². The molecule has 0 atom stereocenters. The second-order valence-corrected chi connectivity index (χ2v) is 5.13. The zero-order valence-electron chi connectivity index (χ0n) is 11.6. The van der Waals surface area contributed by atoms with Gasteiger partial charge in [-0.1, -0.05) is 0 Å². The van der Waals surface area contributed by atoms with Gasteiger partial charge in [0.25, 0.3) is 5.91 Å². The van der Waals surface area contributed by atoms with Crippen LogP contribution in [0.5, 0.6) is 11.5 Å². The number of amides is 1. The van der Waals surface area contributed by atoms with Crippen LogP contribution < -0.4 is 10.1 Å². The van der Waals surface area contributed by atoms with Crippen LogP contribution in [0, 0.1) is 11.3 Å². The van der Waals surface area contributed by atoms with E-state index in [0.29, 0.717) is 16.6 Å². The average Bonchev–Trinajstić information content (AvgIpc) is 3.03. The van der Waals surface area contributed by atoms with Gasteiger partial charge in [-0.05, 0) is 18.2 Å². The van der Waals surface area contributed by atoms with Crippen LogP contribution in [0.1, 0.15) is 16.2 Å². The van der Waals surface area contributed by atoms with Gasteiger partial charge in [-0.3, -0.25) is 20.1 Å². The molecule has 8 heteroatoms. The first-order valence-electron chi connectivity index (χ1n) is 6.45. The summed E-state index contributed by atoms with van der Waals surface area (Å²) in [5.74, 6) is 0.596. The molecule has 0 aliphatic carbocycles. The number of thiazole rings is 1. The molecule has 0 saturated carbocycles. The van der Waals surface area contributed by atoms with Crippen molar-refractivity contribution in [1.29, 1.82) is 5.26 Å². The van der Waals surface area contributed by atoms with Crippen LogP contribution in [0.15, 0.2) is 48.2 Å². The first kappa shape index (κ1) is 14.6. The van der Waals surface area contributed by atoms with E-state index in [2.05, 4.69) is 20.3 Å². The summed E-state index contributed by atoms with van der Waals surface area (Å²) in [6.07, 6.45) is 4.68. The molecule has 3 aromatic rings. The number of carbonyl (C=O) groups is 1. The van der Waals surface area contributed by atoms with Crippen LogP contribution >= 0.6 is 11.3 Å². The lowest BCUT2D eigenvalue weighted by molar-refractivity contribution is 0.102. The van der Waals surface area contributed by atoms with Gasteiger partial charge in [0.1, 0.15) is 23.3 Å². The lowest BCUT2D eigenvalue weighted by atomic mass is 10.3. The molecular weight excluding hydrogens is 314 g/mol. The Morgan fingerprint density at radius 2 is 2.22 bits per heavy atom. The Bertz CT molecular complexity index is 873. The van der Waals surface area contributed by atoms with E-state index in [4.69, 9.17) is 10.00 Å². The largest absolute Gasteiger partial charge is 0.456 e. The SMILES string of the molecule is N#Cc1csc(NC(=O)c2cc(Oc3cccnc3)ccn2)n1. The van der Waals surface area contributed by atoms with Crippen molar-refractivity contribution in [3.8, 4) is 17.6 Å². The zero-order chi connectivity index (χ0) is 16.1. The fraction of sp³-hybridized carbons (Fsp3) is 0. The van der Waals surface area contributed by atoms with Gasteiger partial charge in [0.2, 0.25) is 0 Å². The molecule has 3 heterocycles. The predicted octanol–water partition coefficient (Wildman–Crippen LogP) is 2.85. The highest BCUT2D eigenvalue weighted by atomic mass is 32.1. The third kappa shape index (κ3) is 3.66. The Morgan fingerprint density at radius 3 is 2.96 bits per heavy atom. The Kier molecular flexibility index (Phi) is 4.22.